The van der Waals surface area contributed by atoms with Gasteiger partial charge in [0.1, 0.15) is 6.10 Å². The Bertz CT molecular complexity index is 454. The van der Waals surface area contributed by atoms with Gasteiger partial charge in [0.15, 0.2) is 5.12 Å². The topological polar surface area (TPSA) is 87.0 Å². The summed E-state index contributed by atoms with van der Waals surface area (Å²) < 4.78 is 0. The van der Waals surface area contributed by atoms with E-state index in [4.69, 9.17) is 0 Å². The molecule has 6 heteroatoms. The van der Waals surface area contributed by atoms with Crippen LogP contribution in [0.25, 0.3) is 0 Å². The van der Waals surface area contributed by atoms with Gasteiger partial charge in [0.25, 0.3) is 0 Å². The first-order valence-electron chi connectivity index (χ1n) is 5.22. The Kier molecular flexibility index (Phi) is 5.74. The number of hydrogen-bond donors (Lipinski definition) is 2. The first-order valence-corrected chi connectivity index (χ1v) is 6.20. The Labute approximate surface area is 109 Å². The number of nitrogens with zero attached hydrogens (tertiary/aromatic N) is 1. The summed E-state index contributed by atoms with van der Waals surface area (Å²) in [4.78, 5) is 24.2. The third kappa shape index (κ3) is 4.43. The van der Waals surface area contributed by atoms with Crippen LogP contribution in [0.5, 0.6) is 0 Å². The highest BCUT2D eigenvalue weighted by molar-refractivity contribution is 8.13. The van der Waals surface area contributed by atoms with Crippen LogP contribution in [0.3, 0.4) is 0 Å². The normalized spacial score (nSPS) is 13.5. The molecule has 96 valence electrons. The maximum Gasteiger partial charge on any atom is 0.240 e. The Morgan fingerprint density at radius 2 is 2.00 bits per heavy atom. The van der Waals surface area contributed by atoms with Crippen molar-refractivity contribution >= 4 is 28.6 Å². The van der Waals surface area contributed by atoms with Crippen molar-refractivity contribution in [3.8, 4) is 0 Å². The van der Waals surface area contributed by atoms with E-state index in [1.807, 2.05) is 0 Å². The third-order valence-electron chi connectivity index (χ3n) is 2.23. The molecule has 0 amide bonds. The summed E-state index contributed by atoms with van der Waals surface area (Å²) in [6.45, 7) is 1.40. The molecule has 0 heterocycles. The van der Waals surface area contributed by atoms with Gasteiger partial charge >= 0.3 is 0 Å². The quantitative estimate of drug-likeness (QED) is 0.620. The molecule has 2 N–H and O–H groups in total. The lowest BCUT2D eigenvalue weighted by Crippen LogP contribution is -2.21. The van der Waals surface area contributed by atoms with Crippen LogP contribution in [-0.2, 0) is 9.59 Å². The lowest BCUT2D eigenvalue weighted by Gasteiger charge is -2.17. The standard InChI is InChI=1S/C12H13NO4S/c1-8(15)18-6-11(16)12(17)9-2-4-10(5-3-9)13-7-14/h2-5,11-12,16-17H,6H2,1H3. The fourth-order valence-electron chi connectivity index (χ4n) is 1.31. The number of isocyanates is 1. The van der Waals surface area contributed by atoms with E-state index in [2.05, 4.69) is 4.99 Å². The smallest absolute Gasteiger partial charge is 0.240 e. The highest BCUT2D eigenvalue weighted by atomic mass is 32.2. The van der Waals surface area contributed by atoms with Gasteiger partial charge in [-0.15, -0.1) is 0 Å². The molecule has 0 saturated carbocycles. The van der Waals surface area contributed by atoms with Crippen LogP contribution in [0.1, 0.15) is 18.6 Å². The second kappa shape index (κ2) is 7.08. The molecule has 2 atom stereocenters. The molecule has 0 radical (unpaired) electrons. The van der Waals surface area contributed by atoms with E-state index in [1.165, 1.54) is 25.1 Å². The van der Waals surface area contributed by atoms with Crippen molar-refractivity contribution in [2.45, 2.75) is 19.1 Å². The van der Waals surface area contributed by atoms with E-state index in [0.717, 1.165) is 11.8 Å². The predicted molar refractivity (Wildman–Crippen MR) is 68.3 cm³/mol. The van der Waals surface area contributed by atoms with Gasteiger partial charge in [-0.05, 0) is 17.7 Å². The number of rotatable bonds is 5. The molecule has 0 aliphatic heterocycles. The molecule has 0 spiro atoms. The number of hydrogen-bond acceptors (Lipinski definition) is 6. The van der Waals surface area contributed by atoms with Gasteiger partial charge in [-0.3, -0.25) is 4.79 Å². The van der Waals surface area contributed by atoms with Crippen molar-refractivity contribution in [3.63, 3.8) is 0 Å². The molecular formula is C12H13NO4S. The number of aliphatic hydroxyl groups excluding tert-OH is 2. The second-order valence-corrected chi connectivity index (χ2v) is 4.81. The summed E-state index contributed by atoms with van der Waals surface area (Å²) in [7, 11) is 0. The molecule has 0 aliphatic carbocycles. The van der Waals surface area contributed by atoms with Crippen molar-refractivity contribution in [2.24, 2.45) is 4.99 Å². The third-order valence-corrected chi connectivity index (χ3v) is 3.15. The fraction of sp³-hybridized carbons (Fsp3) is 0.333. The van der Waals surface area contributed by atoms with Crippen LogP contribution in [0, 0.1) is 0 Å². The molecule has 1 aromatic carbocycles. The van der Waals surface area contributed by atoms with Crippen molar-refractivity contribution in [3.05, 3.63) is 29.8 Å². The van der Waals surface area contributed by atoms with Gasteiger partial charge < -0.3 is 10.2 Å². The Morgan fingerprint density at radius 3 is 2.50 bits per heavy atom. The molecule has 1 aromatic rings. The Hall–Kier alpha value is -1.46. The van der Waals surface area contributed by atoms with Crippen molar-refractivity contribution in [1.29, 1.82) is 0 Å². The SMILES string of the molecule is CC(=O)SCC(O)C(O)c1ccc(N=C=O)cc1. The van der Waals surface area contributed by atoms with Gasteiger partial charge in [-0.25, -0.2) is 4.79 Å². The average molecular weight is 267 g/mol. The monoisotopic (exact) mass is 267 g/mol. The van der Waals surface area contributed by atoms with Gasteiger partial charge in [0.05, 0.1) is 11.8 Å². The van der Waals surface area contributed by atoms with E-state index in [0.29, 0.717) is 11.3 Å². The first kappa shape index (κ1) is 14.6. The van der Waals surface area contributed by atoms with Gasteiger partial charge in [-0.2, -0.15) is 4.99 Å². The average Bonchev–Trinajstić information content (AvgIpc) is 2.36. The summed E-state index contributed by atoms with van der Waals surface area (Å²) in [5.41, 5.74) is 0.921. The lowest BCUT2D eigenvalue weighted by atomic mass is 10.1. The minimum Gasteiger partial charge on any atom is -0.389 e. The van der Waals surface area contributed by atoms with E-state index >= 15 is 0 Å². The predicted octanol–water partition coefficient (Wildman–Crippen LogP) is 1.33. The lowest BCUT2D eigenvalue weighted by molar-refractivity contribution is -0.109. The highest BCUT2D eigenvalue weighted by Crippen LogP contribution is 2.22. The largest absolute Gasteiger partial charge is 0.389 e. The highest BCUT2D eigenvalue weighted by Gasteiger charge is 2.18. The molecule has 1 rings (SSSR count). The maximum atomic E-state index is 10.7. The second-order valence-electron chi connectivity index (χ2n) is 3.61. The molecule has 0 aromatic heterocycles. The molecule has 0 bridgehead atoms. The first-order chi connectivity index (χ1) is 8.54. The molecule has 5 nitrogen and oxygen atoms in total. The zero-order chi connectivity index (χ0) is 13.5. The molecule has 0 aliphatic rings. The number of aliphatic hydroxyl groups is 2. The number of carbonyl (C=O) groups excluding carboxylic acids is 2. The zero-order valence-corrected chi connectivity index (χ0v) is 10.6. The van der Waals surface area contributed by atoms with E-state index in [-0.39, 0.29) is 10.9 Å². The van der Waals surface area contributed by atoms with Crippen molar-refractivity contribution in [2.75, 3.05) is 5.75 Å². The molecule has 18 heavy (non-hydrogen) atoms. The fourth-order valence-corrected chi connectivity index (χ4v) is 1.90. The van der Waals surface area contributed by atoms with Gasteiger partial charge in [0.2, 0.25) is 6.08 Å². The molecule has 2 unspecified atom stereocenters. The van der Waals surface area contributed by atoms with Crippen LogP contribution in [0.15, 0.2) is 29.3 Å². The molecular weight excluding hydrogens is 254 g/mol. The van der Waals surface area contributed by atoms with Crippen LogP contribution in [0.4, 0.5) is 5.69 Å². The van der Waals surface area contributed by atoms with E-state index in [9.17, 15) is 19.8 Å². The Balaban J connectivity index is 2.67. The minimum atomic E-state index is -1.08. The number of thioether (sulfide) groups is 1. The number of carbonyl (C=O) groups is 1. The molecule has 0 fully saturated rings. The summed E-state index contributed by atoms with van der Waals surface area (Å²) in [6.07, 6.45) is -0.696. The van der Waals surface area contributed by atoms with Crippen LogP contribution >= 0.6 is 11.8 Å². The van der Waals surface area contributed by atoms with Crippen LogP contribution in [-0.4, -0.2) is 33.3 Å². The van der Waals surface area contributed by atoms with Gasteiger partial charge in [-0.1, -0.05) is 23.9 Å². The number of aliphatic imine (C=N–C) groups is 1. The maximum absolute atomic E-state index is 10.7. The molecule has 0 saturated heterocycles. The van der Waals surface area contributed by atoms with Crippen LogP contribution < -0.4 is 0 Å². The van der Waals surface area contributed by atoms with Crippen LogP contribution in [0.2, 0.25) is 0 Å². The summed E-state index contributed by atoms with van der Waals surface area (Å²) in [5.74, 6) is 0.130. The summed E-state index contributed by atoms with van der Waals surface area (Å²) in [6, 6.07) is 6.19. The zero-order valence-electron chi connectivity index (χ0n) is 9.74. The Morgan fingerprint density at radius 1 is 1.39 bits per heavy atom. The summed E-state index contributed by atoms with van der Waals surface area (Å²) >= 11 is 0.955. The van der Waals surface area contributed by atoms with E-state index in [1.54, 1.807) is 12.1 Å². The summed E-state index contributed by atoms with van der Waals surface area (Å²) in [5, 5.41) is 19.4. The number of benzene rings is 1. The van der Waals surface area contributed by atoms with Crippen molar-refractivity contribution in [1.82, 2.24) is 0 Å². The minimum absolute atomic E-state index is 0.114. The van der Waals surface area contributed by atoms with Crippen molar-refractivity contribution < 1.29 is 19.8 Å². The van der Waals surface area contributed by atoms with Gasteiger partial charge in [0, 0.05) is 12.7 Å². The van der Waals surface area contributed by atoms with E-state index < -0.39 is 12.2 Å².